The van der Waals surface area contributed by atoms with Gasteiger partial charge in [-0.15, -0.1) is 0 Å². The lowest BCUT2D eigenvalue weighted by Gasteiger charge is -2.09. The van der Waals surface area contributed by atoms with Crippen molar-refractivity contribution in [3.8, 4) is 5.75 Å². The quantitative estimate of drug-likeness (QED) is 0.792. The third-order valence-electron chi connectivity index (χ3n) is 3.46. The van der Waals surface area contributed by atoms with Crippen molar-refractivity contribution in [2.45, 2.75) is 13.5 Å². The van der Waals surface area contributed by atoms with E-state index in [-0.39, 0.29) is 0 Å². The largest absolute Gasteiger partial charge is 0.494 e. The van der Waals surface area contributed by atoms with Crippen LogP contribution < -0.4 is 10.5 Å². The highest BCUT2D eigenvalue weighted by molar-refractivity contribution is 5.84. The SMILES string of the molecule is COc1cccc2c1nc(N)n2Cc1ccncc1C. The number of imidazole rings is 1. The summed E-state index contributed by atoms with van der Waals surface area (Å²) < 4.78 is 7.31. The van der Waals surface area contributed by atoms with Gasteiger partial charge in [0.1, 0.15) is 11.3 Å². The molecule has 2 heterocycles. The van der Waals surface area contributed by atoms with Crippen LogP contribution in [0.1, 0.15) is 11.1 Å². The molecule has 102 valence electrons. The van der Waals surface area contributed by atoms with E-state index in [9.17, 15) is 0 Å². The van der Waals surface area contributed by atoms with Crippen molar-refractivity contribution in [3.05, 3.63) is 47.8 Å². The summed E-state index contributed by atoms with van der Waals surface area (Å²) >= 11 is 0. The monoisotopic (exact) mass is 268 g/mol. The van der Waals surface area contributed by atoms with Gasteiger partial charge in [0, 0.05) is 12.4 Å². The number of ether oxygens (including phenoxy) is 1. The van der Waals surface area contributed by atoms with Crippen molar-refractivity contribution < 1.29 is 4.74 Å². The van der Waals surface area contributed by atoms with Gasteiger partial charge in [-0.2, -0.15) is 0 Å². The molecule has 0 fully saturated rings. The van der Waals surface area contributed by atoms with E-state index in [2.05, 4.69) is 9.97 Å². The maximum Gasteiger partial charge on any atom is 0.201 e. The van der Waals surface area contributed by atoms with E-state index >= 15 is 0 Å². The zero-order chi connectivity index (χ0) is 14.1. The Hall–Kier alpha value is -2.56. The fourth-order valence-electron chi connectivity index (χ4n) is 2.32. The Morgan fingerprint density at radius 3 is 2.90 bits per heavy atom. The highest BCUT2D eigenvalue weighted by atomic mass is 16.5. The Morgan fingerprint density at radius 2 is 2.15 bits per heavy atom. The van der Waals surface area contributed by atoms with Gasteiger partial charge in [-0.25, -0.2) is 4.98 Å². The van der Waals surface area contributed by atoms with E-state index < -0.39 is 0 Å². The van der Waals surface area contributed by atoms with E-state index in [0.717, 1.165) is 22.3 Å². The minimum Gasteiger partial charge on any atom is -0.494 e. The number of fused-ring (bicyclic) bond motifs is 1. The average molecular weight is 268 g/mol. The van der Waals surface area contributed by atoms with Crippen molar-refractivity contribution in [1.29, 1.82) is 0 Å². The third kappa shape index (κ3) is 1.97. The van der Waals surface area contributed by atoms with Gasteiger partial charge in [-0.05, 0) is 36.2 Å². The molecule has 20 heavy (non-hydrogen) atoms. The molecule has 0 unspecified atom stereocenters. The molecule has 1 aromatic carbocycles. The van der Waals surface area contributed by atoms with Crippen molar-refractivity contribution in [2.75, 3.05) is 12.8 Å². The first-order valence-corrected chi connectivity index (χ1v) is 6.39. The maximum absolute atomic E-state index is 6.06. The summed E-state index contributed by atoms with van der Waals surface area (Å²) in [5.41, 5.74) is 10.1. The lowest BCUT2D eigenvalue weighted by Crippen LogP contribution is -2.05. The fourth-order valence-corrected chi connectivity index (χ4v) is 2.32. The maximum atomic E-state index is 6.06. The van der Waals surface area contributed by atoms with Crippen LogP contribution in [-0.2, 0) is 6.54 Å². The van der Waals surface area contributed by atoms with E-state index in [1.807, 2.05) is 42.0 Å². The Kier molecular flexibility index (Phi) is 3.02. The number of nitrogens with two attached hydrogens (primary N) is 1. The van der Waals surface area contributed by atoms with Crippen LogP contribution in [0, 0.1) is 6.92 Å². The van der Waals surface area contributed by atoms with Gasteiger partial charge in [0.2, 0.25) is 5.95 Å². The highest BCUT2D eigenvalue weighted by Crippen LogP contribution is 2.27. The van der Waals surface area contributed by atoms with Crippen molar-refractivity contribution in [3.63, 3.8) is 0 Å². The molecule has 0 spiro atoms. The number of methoxy groups -OCH3 is 1. The Balaban J connectivity index is 2.13. The summed E-state index contributed by atoms with van der Waals surface area (Å²) in [6.45, 7) is 2.71. The minimum absolute atomic E-state index is 0.487. The molecule has 0 saturated heterocycles. The predicted octanol–water partition coefficient (Wildman–Crippen LogP) is 2.38. The topological polar surface area (TPSA) is 66.0 Å². The number of rotatable bonds is 3. The number of nitrogen functional groups attached to an aromatic ring is 1. The minimum atomic E-state index is 0.487. The first kappa shape index (κ1) is 12.5. The molecule has 0 bridgehead atoms. The van der Waals surface area contributed by atoms with Crippen LogP contribution in [0.15, 0.2) is 36.7 Å². The molecule has 3 rings (SSSR count). The summed E-state index contributed by atoms with van der Waals surface area (Å²) in [5, 5.41) is 0. The van der Waals surface area contributed by atoms with Crippen LogP contribution in [-0.4, -0.2) is 21.6 Å². The van der Waals surface area contributed by atoms with Crippen LogP contribution in [0.4, 0.5) is 5.95 Å². The summed E-state index contributed by atoms with van der Waals surface area (Å²) in [4.78, 5) is 8.52. The van der Waals surface area contributed by atoms with Crippen LogP contribution in [0.25, 0.3) is 11.0 Å². The van der Waals surface area contributed by atoms with E-state index in [1.165, 1.54) is 5.56 Å². The normalized spacial score (nSPS) is 10.9. The summed E-state index contributed by atoms with van der Waals surface area (Å²) in [7, 11) is 1.64. The van der Waals surface area contributed by atoms with Crippen molar-refractivity contribution in [1.82, 2.24) is 14.5 Å². The standard InChI is InChI=1S/C15H16N4O/c1-10-8-17-7-6-11(10)9-19-12-4-3-5-13(20-2)14(12)18-15(19)16/h3-8H,9H2,1-2H3,(H2,16,18). The number of benzene rings is 1. The smallest absolute Gasteiger partial charge is 0.201 e. The Morgan fingerprint density at radius 1 is 1.30 bits per heavy atom. The van der Waals surface area contributed by atoms with Crippen molar-refractivity contribution in [2.24, 2.45) is 0 Å². The number of pyridine rings is 1. The number of hydrogen-bond donors (Lipinski definition) is 1. The van der Waals surface area contributed by atoms with E-state index in [4.69, 9.17) is 10.5 Å². The second-order valence-corrected chi connectivity index (χ2v) is 4.69. The van der Waals surface area contributed by atoms with Crippen LogP contribution in [0.3, 0.4) is 0 Å². The van der Waals surface area contributed by atoms with Gasteiger partial charge in [-0.1, -0.05) is 6.07 Å². The number of anilines is 1. The van der Waals surface area contributed by atoms with Crippen LogP contribution in [0.2, 0.25) is 0 Å². The molecule has 5 nitrogen and oxygen atoms in total. The second kappa shape index (κ2) is 4.85. The Labute approximate surface area is 117 Å². The number of para-hydroxylation sites is 1. The van der Waals surface area contributed by atoms with Gasteiger partial charge >= 0.3 is 0 Å². The Bertz CT molecular complexity index is 764. The molecule has 2 N–H and O–H groups in total. The molecule has 3 aromatic rings. The molecular weight excluding hydrogens is 252 g/mol. The number of nitrogens with zero attached hydrogens (tertiary/aromatic N) is 3. The first-order valence-electron chi connectivity index (χ1n) is 6.39. The molecule has 0 aliphatic rings. The molecule has 2 aromatic heterocycles. The average Bonchev–Trinajstić information content (AvgIpc) is 2.77. The molecule has 0 saturated carbocycles. The first-order chi connectivity index (χ1) is 9.70. The molecule has 0 radical (unpaired) electrons. The molecular formula is C15H16N4O. The zero-order valence-electron chi connectivity index (χ0n) is 11.5. The molecule has 0 aliphatic carbocycles. The summed E-state index contributed by atoms with van der Waals surface area (Å²) in [5.74, 6) is 1.22. The van der Waals surface area contributed by atoms with Crippen LogP contribution in [0.5, 0.6) is 5.75 Å². The van der Waals surface area contributed by atoms with Gasteiger partial charge in [0.15, 0.2) is 0 Å². The third-order valence-corrected chi connectivity index (χ3v) is 3.46. The number of aryl methyl sites for hydroxylation is 1. The lowest BCUT2D eigenvalue weighted by atomic mass is 10.1. The van der Waals surface area contributed by atoms with E-state index in [0.29, 0.717) is 12.5 Å². The lowest BCUT2D eigenvalue weighted by molar-refractivity contribution is 0.419. The van der Waals surface area contributed by atoms with Crippen LogP contribution >= 0.6 is 0 Å². The second-order valence-electron chi connectivity index (χ2n) is 4.69. The van der Waals surface area contributed by atoms with Crippen molar-refractivity contribution >= 4 is 17.0 Å². The van der Waals surface area contributed by atoms with Gasteiger partial charge < -0.3 is 15.0 Å². The van der Waals surface area contributed by atoms with E-state index in [1.54, 1.807) is 13.3 Å². The number of aromatic nitrogens is 3. The fraction of sp³-hybridized carbons (Fsp3) is 0.200. The summed E-state index contributed by atoms with van der Waals surface area (Å²) in [6, 6.07) is 7.83. The molecule has 0 atom stereocenters. The zero-order valence-corrected chi connectivity index (χ0v) is 11.5. The molecule has 0 aliphatic heterocycles. The van der Waals surface area contributed by atoms with Gasteiger partial charge in [0.05, 0.1) is 19.2 Å². The molecule has 0 amide bonds. The molecule has 5 heteroatoms. The van der Waals surface area contributed by atoms with Gasteiger partial charge in [0.25, 0.3) is 0 Å². The predicted molar refractivity (Wildman–Crippen MR) is 78.8 cm³/mol. The number of hydrogen-bond acceptors (Lipinski definition) is 4. The van der Waals surface area contributed by atoms with Gasteiger partial charge in [-0.3, -0.25) is 4.98 Å². The highest BCUT2D eigenvalue weighted by Gasteiger charge is 2.12. The summed E-state index contributed by atoms with van der Waals surface area (Å²) in [6.07, 6.45) is 3.64.